The van der Waals surface area contributed by atoms with Crippen LogP contribution in [-0.4, -0.2) is 19.5 Å². The van der Waals surface area contributed by atoms with Gasteiger partial charge in [0.25, 0.3) is 0 Å². The Kier molecular flexibility index (Phi) is 6.63. The standard InChI is InChI=1S/C53H30N4O2/c1-2-12-33-28-35(21-20-31(33)10-1)51-54-52(36-22-25-41-39-14-5-7-18-45(39)59-48(41)30-36)56-53(55-51)57-44-26-23-32-11-3-4-13-37(32)49(44)42-17-9-16-38(50(42)57)34-24-27-47-43(29-34)40-15-6-8-19-46(40)58-47/h1-30H. The zero-order valence-electron chi connectivity index (χ0n) is 31.4. The molecule has 0 aliphatic carbocycles. The van der Waals surface area contributed by atoms with E-state index in [1.54, 1.807) is 0 Å². The molecular weight excluding hydrogens is 725 g/mol. The number of furan rings is 2. The second-order valence-electron chi connectivity index (χ2n) is 15.2. The van der Waals surface area contributed by atoms with Gasteiger partial charge in [-0.2, -0.15) is 9.97 Å². The molecule has 59 heavy (non-hydrogen) atoms. The highest BCUT2D eigenvalue weighted by atomic mass is 16.3. The summed E-state index contributed by atoms with van der Waals surface area (Å²) in [4.78, 5) is 16.0. The summed E-state index contributed by atoms with van der Waals surface area (Å²) in [6.07, 6.45) is 0. The number of fused-ring (bicyclic) bond motifs is 12. The molecule has 13 rings (SSSR count). The van der Waals surface area contributed by atoms with Crippen LogP contribution >= 0.6 is 0 Å². The summed E-state index contributed by atoms with van der Waals surface area (Å²) < 4.78 is 14.9. The lowest BCUT2D eigenvalue weighted by Gasteiger charge is -2.13. The van der Waals surface area contributed by atoms with Crippen LogP contribution in [0.5, 0.6) is 0 Å². The average Bonchev–Trinajstić information content (AvgIpc) is 3.98. The number of rotatable bonds is 4. The van der Waals surface area contributed by atoms with Gasteiger partial charge in [-0.15, -0.1) is 0 Å². The quantitative estimate of drug-likeness (QED) is 0.179. The van der Waals surface area contributed by atoms with Crippen LogP contribution in [0.3, 0.4) is 0 Å². The molecule has 0 saturated heterocycles. The number of para-hydroxylation sites is 3. The van der Waals surface area contributed by atoms with Gasteiger partial charge in [-0.25, -0.2) is 4.98 Å². The third-order valence-corrected chi connectivity index (χ3v) is 11.8. The van der Waals surface area contributed by atoms with E-state index in [9.17, 15) is 0 Å². The fourth-order valence-corrected chi connectivity index (χ4v) is 9.09. The molecule has 13 aromatic rings. The third kappa shape index (κ3) is 4.84. The molecule has 4 aromatic heterocycles. The maximum Gasteiger partial charge on any atom is 0.238 e. The Labute approximate surface area is 336 Å². The van der Waals surface area contributed by atoms with Crippen molar-refractivity contribution < 1.29 is 8.83 Å². The van der Waals surface area contributed by atoms with E-state index in [-0.39, 0.29) is 0 Å². The van der Waals surface area contributed by atoms with Gasteiger partial charge in [0.15, 0.2) is 11.6 Å². The molecule has 0 aliphatic heterocycles. The average molecular weight is 755 g/mol. The van der Waals surface area contributed by atoms with E-state index in [0.29, 0.717) is 17.6 Å². The summed E-state index contributed by atoms with van der Waals surface area (Å²) in [7, 11) is 0. The Balaban J connectivity index is 1.13. The first-order valence-corrected chi connectivity index (χ1v) is 19.8. The van der Waals surface area contributed by atoms with Crippen LogP contribution in [-0.2, 0) is 0 Å². The summed E-state index contributed by atoms with van der Waals surface area (Å²) >= 11 is 0. The SMILES string of the molecule is c1ccc2cc(-c3nc(-c4ccc5c(c4)oc4ccccc45)nc(-n4c5ccc6ccccc6c5c5cccc(-c6ccc7oc8ccccc8c7c6)c54)n3)ccc2c1. The van der Waals surface area contributed by atoms with Gasteiger partial charge >= 0.3 is 0 Å². The molecule has 0 radical (unpaired) electrons. The number of aromatic nitrogens is 4. The molecule has 0 saturated carbocycles. The lowest BCUT2D eigenvalue weighted by Crippen LogP contribution is -2.07. The Morgan fingerprint density at radius 1 is 0.356 bits per heavy atom. The van der Waals surface area contributed by atoms with Gasteiger partial charge in [0.1, 0.15) is 22.3 Å². The van der Waals surface area contributed by atoms with Crippen molar-refractivity contribution in [2.45, 2.75) is 0 Å². The molecule has 9 aromatic carbocycles. The normalized spacial score (nSPS) is 12.1. The number of hydrogen-bond acceptors (Lipinski definition) is 5. The Hall–Kier alpha value is -8.09. The van der Waals surface area contributed by atoms with Crippen LogP contribution < -0.4 is 0 Å². The van der Waals surface area contributed by atoms with Crippen LogP contribution in [0.15, 0.2) is 191 Å². The van der Waals surface area contributed by atoms with E-state index in [1.807, 2.05) is 36.4 Å². The van der Waals surface area contributed by atoms with Crippen molar-refractivity contribution in [1.82, 2.24) is 19.5 Å². The molecule has 0 amide bonds. The van der Waals surface area contributed by atoms with Crippen molar-refractivity contribution in [1.29, 1.82) is 0 Å². The molecule has 0 unspecified atom stereocenters. The minimum Gasteiger partial charge on any atom is -0.456 e. The predicted molar refractivity (Wildman–Crippen MR) is 240 cm³/mol. The van der Waals surface area contributed by atoms with Gasteiger partial charge in [-0.05, 0) is 75.6 Å². The second-order valence-corrected chi connectivity index (χ2v) is 15.2. The number of hydrogen-bond donors (Lipinski definition) is 0. The molecule has 0 bridgehead atoms. The smallest absolute Gasteiger partial charge is 0.238 e. The van der Waals surface area contributed by atoms with E-state index >= 15 is 0 Å². The van der Waals surface area contributed by atoms with Crippen LogP contribution in [0, 0.1) is 0 Å². The molecule has 6 nitrogen and oxygen atoms in total. The van der Waals surface area contributed by atoms with Crippen molar-refractivity contribution in [3.05, 3.63) is 182 Å². The molecule has 0 aliphatic rings. The van der Waals surface area contributed by atoms with Crippen molar-refractivity contribution >= 4 is 87.2 Å². The molecule has 274 valence electrons. The molecule has 0 N–H and O–H groups in total. The lowest BCUT2D eigenvalue weighted by atomic mass is 9.98. The van der Waals surface area contributed by atoms with Gasteiger partial charge < -0.3 is 8.83 Å². The largest absolute Gasteiger partial charge is 0.456 e. The van der Waals surface area contributed by atoms with Gasteiger partial charge in [0, 0.05) is 49.0 Å². The molecule has 6 heteroatoms. The molecule has 0 atom stereocenters. The van der Waals surface area contributed by atoms with Gasteiger partial charge in [-0.3, -0.25) is 4.57 Å². The Bertz CT molecular complexity index is 3870. The number of nitrogens with zero attached hydrogens (tertiary/aromatic N) is 4. The third-order valence-electron chi connectivity index (χ3n) is 11.8. The van der Waals surface area contributed by atoms with E-state index in [1.165, 1.54) is 10.8 Å². The summed E-state index contributed by atoms with van der Waals surface area (Å²) in [5.74, 6) is 1.67. The first-order valence-electron chi connectivity index (χ1n) is 19.8. The van der Waals surface area contributed by atoms with Crippen molar-refractivity contribution in [2.75, 3.05) is 0 Å². The fraction of sp³-hybridized carbons (Fsp3) is 0. The second kappa shape index (κ2) is 12.2. The van der Waals surface area contributed by atoms with Crippen LogP contribution in [0.4, 0.5) is 0 Å². The highest BCUT2D eigenvalue weighted by Gasteiger charge is 2.23. The maximum absolute atomic E-state index is 6.37. The highest BCUT2D eigenvalue weighted by molar-refractivity contribution is 6.23. The Morgan fingerprint density at radius 2 is 0.949 bits per heavy atom. The van der Waals surface area contributed by atoms with E-state index in [0.717, 1.165) is 98.7 Å². The fourth-order valence-electron chi connectivity index (χ4n) is 9.09. The van der Waals surface area contributed by atoms with Crippen molar-refractivity contribution in [2.24, 2.45) is 0 Å². The highest BCUT2D eigenvalue weighted by Crippen LogP contribution is 2.42. The lowest BCUT2D eigenvalue weighted by molar-refractivity contribution is 0.668. The summed E-state index contributed by atoms with van der Waals surface area (Å²) in [6, 6.07) is 63.4. The first-order chi connectivity index (χ1) is 29.2. The zero-order chi connectivity index (χ0) is 38.6. The number of benzene rings is 9. The first kappa shape index (κ1) is 32.0. The monoisotopic (exact) mass is 754 g/mol. The summed E-state index contributed by atoms with van der Waals surface area (Å²) in [5.41, 5.74) is 9.26. The Morgan fingerprint density at radius 3 is 1.78 bits per heavy atom. The molecule has 0 fully saturated rings. The minimum absolute atomic E-state index is 0.528. The van der Waals surface area contributed by atoms with E-state index in [2.05, 4.69) is 150 Å². The molecular formula is C53H30N4O2. The van der Waals surface area contributed by atoms with E-state index < -0.39 is 0 Å². The minimum atomic E-state index is 0.528. The van der Waals surface area contributed by atoms with Gasteiger partial charge in [0.2, 0.25) is 5.95 Å². The summed E-state index contributed by atoms with van der Waals surface area (Å²) in [6.45, 7) is 0. The van der Waals surface area contributed by atoms with Crippen molar-refractivity contribution in [3.63, 3.8) is 0 Å². The van der Waals surface area contributed by atoms with Crippen LogP contribution in [0.25, 0.3) is 127 Å². The topological polar surface area (TPSA) is 69.9 Å². The maximum atomic E-state index is 6.37. The van der Waals surface area contributed by atoms with Gasteiger partial charge in [-0.1, -0.05) is 133 Å². The molecule has 4 heterocycles. The van der Waals surface area contributed by atoms with Crippen LogP contribution in [0.1, 0.15) is 0 Å². The van der Waals surface area contributed by atoms with Crippen LogP contribution in [0.2, 0.25) is 0 Å². The zero-order valence-corrected chi connectivity index (χ0v) is 31.4. The summed E-state index contributed by atoms with van der Waals surface area (Å²) in [5, 5.41) is 11.2. The van der Waals surface area contributed by atoms with Crippen molar-refractivity contribution in [3.8, 4) is 39.9 Å². The predicted octanol–water partition coefficient (Wildman–Crippen LogP) is 14.1. The van der Waals surface area contributed by atoms with Gasteiger partial charge in [0.05, 0.1) is 11.0 Å². The van der Waals surface area contributed by atoms with E-state index in [4.69, 9.17) is 23.8 Å². The molecule has 0 spiro atoms.